The van der Waals surface area contributed by atoms with Gasteiger partial charge in [0.2, 0.25) is 0 Å². The molecule has 0 aromatic heterocycles. The molecule has 6 heteroatoms. The van der Waals surface area contributed by atoms with E-state index < -0.39 is 0 Å². The third-order valence-corrected chi connectivity index (χ3v) is 3.82. The summed E-state index contributed by atoms with van der Waals surface area (Å²) in [5.74, 6) is -0.0756. The molecule has 0 heterocycles. The maximum atomic E-state index is 12.0. The maximum Gasteiger partial charge on any atom is 0.330 e. The van der Waals surface area contributed by atoms with Crippen LogP contribution in [0.5, 0.6) is 5.75 Å². The summed E-state index contributed by atoms with van der Waals surface area (Å²) in [5, 5.41) is 3.40. The fraction of sp³-hybridized carbons (Fsp3) is 0.200. The van der Waals surface area contributed by atoms with Crippen LogP contribution >= 0.6 is 11.6 Å². The first-order valence-electron chi connectivity index (χ1n) is 8.11. The minimum absolute atomic E-state index is 0.106. The summed E-state index contributed by atoms with van der Waals surface area (Å²) in [4.78, 5) is 23.2. The van der Waals surface area contributed by atoms with E-state index in [0.717, 1.165) is 11.1 Å². The molecule has 0 aliphatic heterocycles. The Hall–Kier alpha value is -2.79. The molecule has 0 unspecified atom stereocenters. The van der Waals surface area contributed by atoms with E-state index in [1.165, 1.54) is 6.08 Å². The van der Waals surface area contributed by atoms with Crippen LogP contribution in [0.25, 0.3) is 6.08 Å². The highest BCUT2D eigenvalue weighted by Crippen LogP contribution is 2.21. The number of rotatable bonds is 7. The van der Waals surface area contributed by atoms with Crippen LogP contribution in [-0.2, 0) is 14.3 Å². The average molecular weight is 374 g/mol. The van der Waals surface area contributed by atoms with Crippen LogP contribution in [0.1, 0.15) is 18.1 Å². The van der Waals surface area contributed by atoms with E-state index in [1.54, 1.807) is 55.5 Å². The van der Waals surface area contributed by atoms with Crippen molar-refractivity contribution < 1.29 is 19.1 Å². The summed E-state index contributed by atoms with van der Waals surface area (Å²) < 4.78 is 10.3. The van der Waals surface area contributed by atoms with Gasteiger partial charge in [0.05, 0.1) is 6.61 Å². The van der Waals surface area contributed by atoms with Gasteiger partial charge in [-0.05, 0) is 61.4 Å². The number of esters is 1. The molecule has 0 fully saturated rings. The number of ether oxygens (including phenoxy) is 2. The lowest BCUT2D eigenvalue weighted by atomic mass is 10.2. The molecular weight excluding hydrogens is 354 g/mol. The minimum Gasteiger partial charge on any atom is -0.484 e. The zero-order valence-corrected chi connectivity index (χ0v) is 15.4. The Morgan fingerprint density at radius 2 is 1.88 bits per heavy atom. The van der Waals surface area contributed by atoms with E-state index in [0.29, 0.717) is 23.1 Å². The summed E-state index contributed by atoms with van der Waals surface area (Å²) in [6.07, 6.45) is 3.01. The molecule has 0 radical (unpaired) electrons. The Balaban J connectivity index is 1.85. The molecule has 0 atom stereocenters. The molecule has 2 aromatic carbocycles. The molecule has 0 saturated heterocycles. The van der Waals surface area contributed by atoms with Gasteiger partial charge < -0.3 is 14.8 Å². The lowest BCUT2D eigenvalue weighted by molar-refractivity contribution is -0.137. The second kappa shape index (κ2) is 9.63. The zero-order valence-electron chi connectivity index (χ0n) is 14.6. The van der Waals surface area contributed by atoms with Crippen LogP contribution in [0.15, 0.2) is 48.5 Å². The third kappa shape index (κ3) is 6.26. The Kier molecular flexibility index (Phi) is 7.24. The van der Waals surface area contributed by atoms with Crippen LogP contribution < -0.4 is 10.1 Å². The second-order valence-corrected chi connectivity index (χ2v) is 5.86. The van der Waals surface area contributed by atoms with Crippen molar-refractivity contribution in [3.8, 4) is 5.75 Å². The highest BCUT2D eigenvalue weighted by Gasteiger charge is 2.05. The van der Waals surface area contributed by atoms with E-state index in [9.17, 15) is 9.59 Å². The summed E-state index contributed by atoms with van der Waals surface area (Å²) in [6.45, 7) is 3.85. The average Bonchev–Trinajstić information content (AvgIpc) is 2.62. The predicted octanol–water partition coefficient (Wildman–Crippen LogP) is 4.24. The number of nitrogens with one attached hydrogen (secondary N) is 1. The fourth-order valence-electron chi connectivity index (χ4n) is 2.09. The summed E-state index contributed by atoms with van der Waals surface area (Å²) in [5.41, 5.74) is 2.35. The molecule has 0 spiro atoms. The Morgan fingerprint density at radius 1 is 1.15 bits per heavy atom. The molecule has 0 saturated carbocycles. The lowest BCUT2D eigenvalue weighted by Gasteiger charge is -2.09. The van der Waals surface area contributed by atoms with Crippen molar-refractivity contribution >= 4 is 35.2 Å². The van der Waals surface area contributed by atoms with Gasteiger partial charge in [0.15, 0.2) is 6.61 Å². The quantitative estimate of drug-likeness (QED) is 0.582. The van der Waals surface area contributed by atoms with Gasteiger partial charge in [-0.15, -0.1) is 0 Å². The molecular formula is C20H20ClNO4. The van der Waals surface area contributed by atoms with Crippen LogP contribution in [0.2, 0.25) is 5.02 Å². The van der Waals surface area contributed by atoms with Crippen LogP contribution in [0.4, 0.5) is 5.69 Å². The van der Waals surface area contributed by atoms with Gasteiger partial charge >= 0.3 is 5.97 Å². The first-order chi connectivity index (χ1) is 12.5. The van der Waals surface area contributed by atoms with E-state index in [4.69, 9.17) is 21.1 Å². The molecule has 2 aromatic rings. The second-order valence-electron chi connectivity index (χ2n) is 5.46. The fourth-order valence-corrected chi connectivity index (χ4v) is 2.20. The van der Waals surface area contributed by atoms with Crippen molar-refractivity contribution in [1.29, 1.82) is 0 Å². The number of anilines is 1. The van der Waals surface area contributed by atoms with Gasteiger partial charge in [0.1, 0.15) is 5.75 Å². The Morgan fingerprint density at radius 3 is 2.54 bits per heavy atom. The van der Waals surface area contributed by atoms with Crippen molar-refractivity contribution in [3.05, 3.63) is 64.7 Å². The number of carbonyl (C=O) groups excluding carboxylic acids is 2. The Bertz CT molecular complexity index is 800. The van der Waals surface area contributed by atoms with Crippen LogP contribution in [0.3, 0.4) is 0 Å². The van der Waals surface area contributed by atoms with E-state index in [1.807, 2.05) is 6.92 Å². The number of hydrogen-bond donors (Lipinski definition) is 1. The molecule has 1 N–H and O–H groups in total. The summed E-state index contributed by atoms with van der Waals surface area (Å²) in [7, 11) is 0. The predicted molar refractivity (Wildman–Crippen MR) is 102 cm³/mol. The highest BCUT2D eigenvalue weighted by molar-refractivity contribution is 6.31. The maximum absolute atomic E-state index is 12.0. The smallest absolute Gasteiger partial charge is 0.330 e. The Labute approximate surface area is 157 Å². The van der Waals surface area contributed by atoms with Gasteiger partial charge in [-0.3, -0.25) is 4.79 Å². The van der Waals surface area contributed by atoms with Crippen LogP contribution in [-0.4, -0.2) is 25.1 Å². The van der Waals surface area contributed by atoms with Gasteiger partial charge in [-0.25, -0.2) is 4.79 Å². The van der Waals surface area contributed by atoms with Gasteiger partial charge in [0, 0.05) is 16.8 Å². The normalized spacial score (nSPS) is 10.6. The molecule has 1 amide bonds. The molecule has 0 bridgehead atoms. The van der Waals surface area contributed by atoms with Gasteiger partial charge in [-0.2, -0.15) is 0 Å². The van der Waals surface area contributed by atoms with Gasteiger partial charge in [-0.1, -0.05) is 23.7 Å². The molecule has 26 heavy (non-hydrogen) atoms. The number of carbonyl (C=O) groups is 2. The number of halogens is 1. The topological polar surface area (TPSA) is 64.6 Å². The number of benzene rings is 2. The number of aryl methyl sites for hydroxylation is 1. The molecule has 5 nitrogen and oxygen atoms in total. The van der Waals surface area contributed by atoms with Gasteiger partial charge in [0.25, 0.3) is 5.91 Å². The standard InChI is InChI=1S/C20H20ClNO4/c1-3-25-20(24)11-6-15-4-7-16(8-5-15)22-19(23)13-26-17-9-10-18(21)14(2)12-17/h4-12H,3,13H2,1-2H3,(H,22,23)/b11-6+. The largest absolute Gasteiger partial charge is 0.484 e. The summed E-state index contributed by atoms with van der Waals surface area (Å²) in [6, 6.07) is 12.3. The molecule has 2 rings (SSSR count). The minimum atomic E-state index is -0.389. The SMILES string of the molecule is CCOC(=O)/C=C/c1ccc(NC(=O)COc2ccc(Cl)c(C)c2)cc1. The third-order valence-electron chi connectivity index (χ3n) is 3.39. The number of hydrogen-bond acceptors (Lipinski definition) is 4. The lowest BCUT2D eigenvalue weighted by Crippen LogP contribution is -2.20. The summed E-state index contributed by atoms with van der Waals surface area (Å²) >= 11 is 5.95. The molecule has 0 aliphatic carbocycles. The van der Waals surface area contributed by atoms with Crippen molar-refractivity contribution in [2.45, 2.75) is 13.8 Å². The van der Waals surface area contributed by atoms with Crippen LogP contribution in [0, 0.1) is 6.92 Å². The first-order valence-corrected chi connectivity index (χ1v) is 8.49. The van der Waals surface area contributed by atoms with E-state index in [-0.39, 0.29) is 18.5 Å². The zero-order chi connectivity index (χ0) is 18.9. The van der Waals surface area contributed by atoms with Crippen molar-refractivity contribution in [1.82, 2.24) is 0 Å². The number of amides is 1. The monoisotopic (exact) mass is 373 g/mol. The molecule has 136 valence electrons. The van der Waals surface area contributed by atoms with E-state index >= 15 is 0 Å². The van der Waals surface area contributed by atoms with Crippen molar-refractivity contribution in [2.24, 2.45) is 0 Å². The van der Waals surface area contributed by atoms with Crippen molar-refractivity contribution in [2.75, 3.05) is 18.5 Å². The molecule has 0 aliphatic rings. The van der Waals surface area contributed by atoms with E-state index in [2.05, 4.69) is 5.32 Å². The van der Waals surface area contributed by atoms with Crippen molar-refractivity contribution in [3.63, 3.8) is 0 Å². The first kappa shape index (κ1) is 19.5. The highest BCUT2D eigenvalue weighted by atomic mass is 35.5.